The molecule has 0 atom stereocenters. The summed E-state index contributed by atoms with van der Waals surface area (Å²) in [5.41, 5.74) is 0.998. The molecule has 1 aromatic carbocycles. The molecule has 0 spiro atoms. The van der Waals surface area contributed by atoms with Crippen molar-refractivity contribution < 1.29 is 9.53 Å². The molecule has 0 aliphatic rings. The number of benzene rings is 1. The maximum absolute atomic E-state index is 12.3. The molecule has 1 rings (SSSR count). The molecule has 1 aromatic rings. The van der Waals surface area contributed by atoms with Gasteiger partial charge in [-0.2, -0.15) is 0 Å². The van der Waals surface area contributed by atoms with Crippen LogP contribution < -0.4 is 4.74 Å². The Bertz CT molecular complexity index is 454. The molecule has 0 bridgehead atoms. The number of hydrogen-bond donors (Lipinski definition) is 0. The van der Waals surface area contributed by atoms with Gasteiger partial charge in [-0.25, -0.2) is 0 Å². The summed E-state index contributed by atoms with van der Waals surface area (Å²) in [5, 5.41) is 0. The van der Waals surface area contributed by atoms with Crippen LogP contribution in [0.2, 0.25) is 0 Å². The van der Waals surface area contributed by atoms with Gasteiger partial charge < -0.3 is 14.5 Å². The summed E-state index contributed by atoms with van der Waals surface area (Å²) in [6, 6.07) is 7.66. The number of nitrogens with zero attached hydrogens (tertiary/aromatic N) is 2. The van der Waals surface area contributed by atoms with Crippen LogP contribution in [0.1, 0.15) is 5.56 Å². The van der Waals surface area contributed by atoms with Gasteiger partial charge in [-0.05, 0) is 52.0 Å². The van der Waals surface area contributed by atoms with E-state index in [1.807, 2.05) is 68.3 Å². The van der Waals surface area contributed by atoms with Crippen molar-refractivity contribution in [2.75, 3.05) is 48.4 Å². The molecule has 4 heteroatoms. The summed E-state index contributed by atoms with van der Waals surface area (Å²) in [5.74, 6) is 0.967. The average Bonchev–Trinajstić information content (AvgIpc) is 2.43. The first kappa shape index (κ1) is 17.4. The third kappa shape index (κ3) is 6.56. The van der Waals surface area contributed by atoms with Crippen molar-refractivity contribution in [3.63, 3.8) is 0 Å². The molecule has 4 nitrogen and oxygen atoms in total. The molecule has 116 valence electrons. The monoisotopic (exact) mass is 290 g/mol. The lowest BCUT2D eigenvalue weighted by Crippen LogP contribution is -2.34. The fourth-order valence-electron chi connectivity index (χ4n) is 2.15. The molecule has 0 heterocycles. The highest BCUT2D eigenvalue weighted by Crippen LogP contribution is 2.13. The summed E-state index contributed by atoms with van der Waals surface area (Å²) in [7, 11) is 9.60. The SMILES string of the molecule is COc1ccc(C=CC(=O)C(CN(C)C)CN(C)C)cc1. The van der Waals surface area contributed by atoms with Crippen molar-refractivity contribution in [2.45, 2.75) is 0 Å². The van der Waals surface area contributed by atoms with E-state index >= 15 is 0 Å². The third-order valence-corrected chi connectivity index (χ3v) is 3.13. The largest absolute Gasteiger partial charge is 0.497 e. The van der Waals surface area contributed by atoms with Crippen LogP contribution in [-0.4, -0.2) is 64.0 Å². The molecule has 0 unspecified atom stereocenters. The van der Waals surface area contributed by atoms with E-state index in [2.05, 4.69) is 0 Å². The van der Waals surface area contributed by atoms with E-state index in [0.29, 0.717) is 0 Å². The smallest absolute Gasteiger partial charge is 0.161 e. The number of ether oxygens (including phenoxy) is 1. The maximum atomic E-state index is 12.3. The van der Waals surface area contributed by atoms with Crippen LogP contribution in [0.15, 0.2) is 30.3 Å². The zero-order valence-corrected chi connectivity index (χ0v) is 13.7. The highest BCUT2D eigenvalue weighted by molar-refractivity contribution is 5.95. The fourth-order valence-corrected chi connectivity index (χ4v) is 2.15. The van der Waals surface area contributed by atoms with E-state index in [1.54, 1.807) is 13.2 Å². The van der Waals surface area contributed by atoms with Crippen molar-refractivity contribution in [3.8, 4) is 5.75 Å². The fraction of sp³-hybridized carbons (Fsp3) is 0.471. The van der Waals surface area contributed by atoms with Gasteiger partial charge in [0, 0.05) is 19.0 Å². The van der Waals surface area contributed by atoms with Crippen molar-refractivity contribution in [3.05, 3.63) is 35.9 Å². The zero-order valence-electron chi connectivity index (χ0n) is 13.7. The van der Waals surface area contributed by atoms with Gasteiger partial charge in [-0.3, -0.25) is 4.79 Å². The number of hydrogen-bond acceptors (Lipinski definition) is 4. The molecule has 0 aliphatic carbocycles. The Morgan fingerprint density at radius 2 is 1.62 bits per heavy atom. The second kappa shape index (κ2) is 8.60. The number of ketones is 1. The van der Waals surface area contributed by atoms with Gasteiger partial charge in [0.25, 0.3) is 0 Å². The Labute approximate surface area is 128 Å². The number of carbonyl (C=O) groups is 1. The highest BCUT2D eigenvalue weighted by Gasteiger charge is 2.17. The van der Waals surface area contributed by atoms with Crippen molar-refractivity contribution >= 4 is 11.9 Å². The molecular weight excluding hydrogens is 264 g/mol. The van der Waals surface area contributed by atoms with Crippen molar-refractivity contribution in [2.24, 2.45) is 5.92 Å². The molecular formula is C17H26N2O2. The standard InChI is InChI=1S/C17H26N2O2/c1-18(2)12-15(13-19(3)4)17(20)11-8-14-6-9-16(21-5)10-7-14/h6-11,15H,12-13H2,1-5H3. The van der Waals surface area contributed by atoms with Crippen LogP contribution >= 0.6 is 0 Å². The average molecular weight is 290 g/mol. The van der Waals surface area contributed by atoms with E-state index in [-0.39, 0.29) is 11.7 Å². The Morgan fingerprint density at radius 1 is 1.10 bits per heavy atom. The Morgan fingerprint density at radius 3 is 2.05 bits per heavy atom. The van der Waals surface area contributed by atoms with E-state index in [1.165, 1.54) is 0 Å². The van der Waals surface area contributed by atoms with E-state index in [4.69, 9.17) is 4.74 Å². The minimum absolute atomic E-state index is 0.00972. The third-order valence-electron chi connectivity index (χ3n) is 3.13. The van der Waals surface area contributed by atoms with E-state index in [9.17, 15) is 4.79 Å². The zero-order chi connectivity index (χ0) is 15.8. The van der Waals surface area contributed by atoms with Crippen molar-refractivity contribution in [1.82, 2.24) is 9.80 Å². The molecule has 0 N–H and O–H groups in total. The summed E-state index contributed by atoms with van der Waals surface area (Å²) >= 11 is 0. The van der Waals surface area contributed by atoms with Crippen LogP contribution in [0.3, 0.4) is 0 Å². The predicted octanol–water partition coefficient (Wildman–Crippen LogP) is 2.02. The van der Waals surface area contributed by atoms with Gasteiger partial charge in [0.2, 0.25) is 0 Å². The normalized spacial score (nSPS) is 11.8. The lowest BCUT2D eigenvalue weighted by Gasteiger charge is -2.22. The first-order valence-electron chi connectivity index (χ1n) is 7.08. The second-order valence-electron chi connectivity index (χ2n) is 5.73. The highest BCUT2D eigenvalue weighted by atomic mass is 16.5. The first-order valence-corrected chi connectivity index (χ1v) is 7.08. The van der Waals surface area contributed by atoms with Crippen LogP contribution in [0, 0.1) is 5.92 Å². The first-order chi connectivity index (χ1) is 9.92. The summed E-state index contributed by atoms with van der Waals surface area (Å²) in [6.07, 6.45) is 3.54. The lowest BCUT2D eigenvalue weighted by molar-refractivity contribution is -0.119. The minimum atomic E-state index is -0.00972. The Hall–Kier alpha value is -1.65. The second-order valence-corrected chi connectivity index (χ2v) is 5.73. The molecule has 0 saturated heterocycles. The Balaban J connectivity index is 2.71. The molecule has 0 radical (unpaired) electrons. The Kier molecular flexibility index (Phi) is 7.12. The van der Waals surface area contributed by atoms with Crippen LogP contribution in [0.4, 0.5) is 0 Å². The topological polar surface area (TPSA) is 32.8 Å². The van der Waals surface area contributed by atoms with E-state index in [0.717, 1.165) is 24.4 Å². The molecule has 0 amide bonds. The van der Waals surface area contributed by atoms with Gasteiger partial charge >= 0.3 is 0 Å². The minimum Gasteiger partial charge on any atom is -0.497 e. The molecule has 21 heavy (non-hydrogen) atoms. The maximum Gasteiger partial charge on any atom is 0.161 e. The summed E-state index contributed by atoms with van der Waals surface area (Å²) in [6.45, 7) is 1.51. The van der Waals surface area contributed by atoms with Gasteiger partial charge in [-0.15, -0.1) is 0 Å². The summed E-state index contributed by atoms with van der Waals surface area (Å²) in [4.78, 5) is 16.4. The van der Waals surface area contributed by atoms with Crippen molar-refractivity contribution in [1.29, 1.82) is 0 Å². The number of allylic oxidation sites excluding steroid dienone is 1. The molecule has 0 aliphatic heterocycles. The molecule has 0 saturated carbocycles. The van der Waals surface area contributed by atoms with Gasteiger partial charge in [0.15, 0.2) is 5.78 Å². The number of carbonyl (C=O) groups excluding carboxylic acids is 1. The van der Waals surface area contributed by atoms with Gasteiger partial charge in [0.1, 0.15) is 5.75 Å². The van der Waals surface area contributed by atoms with Gasteiger partial charge in [0.05, 0.1) is 7.11 Å². The van der Waals surface area contributed by atoms with Crippen LogP contribution in [0.25, 0.3) is 6.08 Å². The molecule has 0 fully saturated rings. The summed E-state index contributed by atoms with van der Waals surface area (Å²) < 4.78 is 5.12. The molecule has 0 aromatic heterocycles. The lowest BCUT2D eigenvalue weighted by atomic mass is 10.0. The quantitative estimate of drug-likeness (QED) is 0.686. The van der Waals surface area contributed by atoms with E-state index < -0.39 is 0 Å². The van der Waals surface area contributed by atoms with Gasteiger partial charge in [-0.1, -0.05) is 18.2 Å². The predicted molar refractivity (Wildman–Crippen MR) is 87.6 cm³/mol. The number of rotatable bonds is 8. The number of methoxy groups -OCH3 is 1. The van der Waals surface area contributed by atoms with Crippen LogP contribution in [-0.2, 0) is 4.79 Å². The van der Waals surface area contributed by atoms with Crippen LogP contribution in [0.5, 0.6) is 5.75 Å².